The van der Waals surface area contributed by atoms with E-state index in [-0.39, 0.29) is 34.7 Å². The lowest BCUT2D eigenvalue weighted by molar-refractivity contribution is 0.0179. The molecule has 1 saturated heterocycles. The Hall–Kier alpha value is -3.42. The summed E-state index contributed by atoms with van der Waals surface area (Å²) in [6.45, 7) is 4.68. The molecule has 7 heteroatoms. The fourth-order valence-corrected chi connectivity index (χ4v) is 5.52. The average molecular weight is 478 g/mol. The van der Waals surface area contributed by atoms with Crippen molar-refractivity contribution in [3.63, 3.8) is 0 Å². The molecule has 0 aliphatic carbocycles. The molecule has 174 valence electrons. The molecule has 1 fully saturated rings. The largest absolute Gasteiger partial charge is 0.508 e. The molecule has 0 saturated carbocycles. The molecule has 2 heterocycles. The molecule has 0 bridgehead atoms. The predicted molar refractivity (Wildman–Crippen MR) is 132 cm³/mol. The third-order valence-electron chi connectivity index (χ3n) is 5.98. The molecular formula is C27H24FNO4S. The molecule has 4 aromatic rings. The van der Waals surface area contributed by atoms with Gasteiger partial charge < -0.3 is 14.9 Å². The van der Waals surface area contributed by atoms with Crippen molar-refractivity contribution < 1.29 is 24.1 Å². The van der Waals surface area contributed by atoms with Gasteiger partial charge in [0.15, 0.2) is 17.3 Å². The van der Waals surface area contributed by atoms with Crippen LogP contribution in [0, 0.1) is 5.82 Å². The second-order valence-electron chi connectivity index (χ2n) is 8.51. The van der Waals surface area contributed by atoms with E-state index < -0.39 is 5.82 Å². The Morgan fingerprint density at radius 2 is 1.79 bits per heavy atom. The number of ether oxygens (including phenoxy) is 1. The monoisotopic (exact) mass is 477 g/mol. The molecule has 3 aromatic carbocycles. The van der Waals surface area contributed by atoms with Crippen molar-refractivity contribution in [2.75, 3.05) is 19.6 Å². The van der Waals surface area contributed by atoms with E-state index in [2.05, 4.69) is 11.8 Å². The second kappa shape index (κ2) is 9.08. The molecule has 0 atom stereocenters. The van der Waals surface area contributed by atoms with Gasteiger partial charge in [0.25, 0.3) is 0 Å². The Kier molecular flexibility index (Phi) is 5.98. The highest BCUT2D eigenvalue weighted by Crippen LogP contribution is 2.41. The number of aromatic hydroxyl groups is 2. The van der Waals surface area contributed by atoms with Crippen molar-refractivity contribution >= 4 is 27.2 Å². The third-order valence-corrected chi connectivity index (χ3v) is 7.18. The molecule has 0 radical (unpaired) electrons. The van der Waals surface area contributed by atoms with Gasteiger partial charge in [0, 0.05) is 39.2 Å². The molecule has 5 rings (SSSR count). The number of carbonyl (C=O) groups excluding carboxylic acids is 1. The topological polar surface area (TPSA) is 70.0 Å². The van der Waals surface area contributed by atoms with Gasteiger partial charge in [-0.05, 0) is 79.2 Å². The van der Waals surface area contributed by atoms with E-state index in [1.807, 2.05) is 0 Å². The number of carbonyl (C=O) groups is 1. The van der Waals surface area contributed by atoms with Gasteiger partial charge in [-0.2, -0.15) is 0 Å². The fraction of sp³-hybridized carbons (Fsp3) is 0.222. The minimum Gasteiger partial charge on any atom is -0.508 e. The smallest absolute Gasteiger partial charge is 0.195 e. The van der Waals surface area contributed by atoms with Gasteiger partial charge >= 0.3 is 0 Å². The van der Waals surface area contributed by atoms with Crippen LogP contribution in [0.4, 0.5) is 4.39 Å². The highest BCUT2D eigenvalue weighted by molar-refractivity contribution is 7.22. The predicted octanol–water partition coefficient (Wildman–Crippen LogP) is 5.82. The van der Waals surface area contributed by atoms with E-state index in [9.17, 15) is 19.4 Å². The van der Waals surface area contributed by atoms with Crippen LogP contribution in [0.3, 0.4) is 0 Å². The highest BCUT2D eigenvalue weighted by Gasteiger charge is 2.29. The maximum Gasteiger partial charge on any atom is 0.195 e. The van der Waals surface area contributed by atoms with Crippen LogP contribution in [0.25, 0.3) is 20.5 Å². The van der Waals surface area contributed by atoms with E-state index in [0.29, 0.717) is 15.8 Å². The summed E-state index contributed by atoms with van der Waals surface area (Å²) in [5.41, 5.74) is 1.41. The summed E-state index contributed by atoms with van der Waals surface area (Å²) in [4.78, 5) is 16.6. The van der Waals surface area contributed by atoms with Crippen molar-refractivity contribution in [2.24, 2.45) is 0 Å². The first-order chi connectivity index (χ1) is 16.4. The summed E-state index contributed by atoms with van der Waals surface area (Å²) < 4.78 is 21.4. The summed E-state index contributed by atoms with van der Waals surface area (Å²) in [5, 5.41) is 20.3. The maximum atomic E-state index is 14.9. The number of phenols is 2. The van der Waals surface area contributed by atoms with Crippen LogP contribution in [0.2, 0.25) is 0 Å². The van der Waals surface area contributed by atoms with E-state index >= 15 is 0 Å². The molecule has 0 unspecified atom stereocenters. The molecule has 5 nitrogen and oxygen atoms in total. The van der Waals surface area contributed by atoms with Crippen LogP contribution >= 0.6 is 11.3 Å². The Morgan fingerprint density at radius 3 is 2.50 bits per heavy atom. The number of hydrogen-bond acceptors (Lipinski definition) is 6. The number of rotatable bonds is 7. The first-order valence-corrected chi connectivity index (χ1v) is 12.0. The number of hydrogen-bond donors (Lipinski definition) is 2. The normalized spacial score (nSPS) is 14.3. The summed E-state index contributed by atoms with van der Waals surface area (Å²) in [7, 11) is 0. The quantitative estimate of drug-likeness (QED) is 0.328. The van der Waals surface area contributed by atoms with E-state index in [1.54, 1.807) is 42.5 Å². The zero-order valence-electron chi connectivity index (χ0n) is 18.6. The number of thiophene rings is 1. The number of benzene rings is 3. The Labute approximate surface area is 200 Å². The minimum absolute atomic E-state index is 0.0443. The lowest BCUT2D eigenvalue weighted by Crippen LogP contribution is -2.53. The lowest BCUT2D eigenvalue weighted by atomic mass is 9.97. The zero-order chi connectivity index (χ0) is 23.8. The summed E-state index contributed by atoms with van der Waals surface area (Å²) in [5.74, 6) is -0.508. The van der Waals surface area contributed by atoms with E-state index in [4.69, 9.17) is 4.74 Å². The maximum absolute atomic E-state index is 14.9. The van der Waals surface area contributed by atoms with Gasteiger partial charge in [0.2, 0.25) is 0 Å². The minimum atomic E-state index is -0.567. The summed E-state index contributed by atoms with van der Waals surface area (Å²) >= 11 is 1.36. The standard InChI is InChI=1S/C27H24FNO4S/c1-2-11-29-14-20(15-29)33-23-10-5-17(12-22(23)28)26(32)25-21-9-8-19(31)13-24(21)34-27(25)16-3-6-18(30)7-4-16/h3-10,12-13,20,30-31H,2,11,14-15H2,1H3. The van der Waals surface area contributed by atoms with Crippen molar-refractivity contribution in [3.05, 3.63) is 77.6 Å². The zero-order valence-corrected chi connectivity index (χ0v) is 19.4. The van der Waals surface area contributed by atoms with Crippen molar-refractivity contribution in [3.8, 4) is 27.7 Å². The molecule has 2 N–H and O–H groups in total. The molecule has 1 aliphatic rings. The number of fused-ring (bicyclic) bond motifs is 1. The molecule has 1 aromatic heterocycles. The van der Waals surface area contributed by atoms with Crippen molar-refractivity contribution in [1.29, 1.82) is 0 Å². The van der Waals surface area contributed by atoms with Gasteiger partial charge in [-0.25, -0.2) is 4.39 Å². The lowest BCUT2D eigenvalue weighted by Gasteiger charge is -2.38. The van der Waals surface area contributed by atoms with E-state index in [0.717, 1.165) is 36.3 Å². The number of nitrogens with zero attached hydrogens (tertiary/aromatic N) is 1. The number of ketones is 1. The number of phenolic OH excluding ortho intramolecular Hbond substituents is 2. The van der Waals surface area contributed by atoms with Gasteiger partial charge in [0.1, 0.15) is 17.6 Å². The Morgan fingerprint density at radius 1 is 1.06 bits per heavy atom. The van der Waals surface area contributed by atoms with Crippen LogP contribution in [0.1, 0.15) is 29.3 Å². The number of halogens is 1. The van der Waals surface area contributed by atoms with Gasteiger partial charge in [-0.1, -0.05) is 6.92 Å². The molecule has 0 spiro atoms. The first-order valence-electron chi connectivity index (χ1n) is 11.2. The molecular weight excluding hydrogens is 453 g/mol. The average Bonchev–Trinajstić information content (AvgIpc) is 3.17. The van der Waals surface area contributed by atoms with Crippen molar-refractivity contribution in [1.82, 2.24) is 4.90 Å². The van der Waals surface area contributed by atoms with Gasteiger partial charge in [-0.3, -0.25) is 9.69 Å². The van der Waals surface area contributed by atoms with E-state index in [1.165, 1.54) is 29.5 Å². The Balaban J connectivity index is 1.48. The van der Waals surface area contributed by atoms with Crippen LogP contribution in [0.5, 0.6) is 17.2 Å². The summed E-state index contributed by atoms with van der Waals surface area (Å²) in [6, 6.07) is 15.7. The van der Waals surface area contributed by atoms with Crippen LogP contribution in [0.15, 0.2) is 60.7 Å². The highest BCUT2D eigenvalue weighted by atomic mass is 32.1. The number of likely N-dealkylation sites (tertiary alicyclic amines) is 1. The van der Waals surface area contributed by atoms with Crippen molar-refractivity contribution in [2.45, 2.75) is 19.4 Å². The Bertz CT molecular complexity index is 1360. The second-order valence-corrected chi connectivity index (χ2v) is 9.56. The molecule has 1 aliphatic heterocycles. The van der Waals surface area contributed by atoms with Crippen LogP contribution in [-0.4, -0.2) is 46.6 Å². The first kappa shape index (κ1) is 22.4. The van der Waals surface area contributed by atoms with Gasteiger partial charge in [0.05, 0.1) is 0 Å². The SMILES string of the molecule is CCCN1CC(Oc2ccc(C(=O)c3c(-c4ccc(O)cc4)sc4cc(O)ccc34)cc2F)C1. The van der Waals surface area contributed by atoms with Gasteiger partial charge in [-0.15, -0.1) is 11.3 Å². The van der Waals surface area contributed by atoms with Crippen LogP contribution in [-0.2, 0) is 0 Å². The summed E-state index contributed by atoms with van der Waals surface area (Å²) in [6.07, 6.45) is 1.03. The molecule has 34 heavy (non-hydrogen) atoms. The van der Waals surface area contributed by atoms with Crippen LogP contribution < -0.4 is 4.74 Å². The fourth-order valence-electron chi connectivity index (χ4n) is 4.28. The third kappa shape index (κ3) is 4.24. The molecule has 0 amide bonds.